The van der Waals surface area contributed by atoms with Gasteiger partial charge in [0, 0.05) is 25.2 Å². The average molecular weight is 335 g/mol. The van der Waals surface area contributed by atoms with E-state index in [0.29, 0.717) is 23.6 Å². The molecule has 0 bridgehead atoms. The predicted octanol–water partition coefficient (Wildman–Crippen LogP) is 2.54. The smallest absolute Gasteiger partial charge is 0.414 e. The van der Waals surface area contributed by atoms with Crippen molar-refractivity contribution in [3.05, 3.63) is 18.2 Å². The molecule has 0 saturated carbocycles. The van der Waals surface area contributed by atoms with Crippen LogP contribution in [0.15, 0.2) is 18.2 Å². The van der Waals surface area contributed by atoms with Crippen molar-refractivity contribution in [2.75, 3.05) is 21.7 Å². The summed E-state index contributed by atoms with van der Waals surface area (Å²) in [7, 11) is 0. The highest BCUT2D eigenvalue weighted by atomic mass is 16.6. The van der Waals surface area contributed by atoms with Crippen molar-refractivity contribution in [3.8, 4) is 0 Å². The molecule has 0 radical (unpaired) electrons. The number of amides is 2. The first-order valence-corrected chi connectivity index (χ1v) is 8.07. The Bertz CT molecular complexity index is 630. The monoisotopic (exact) mass is 335 g/mol. The van der Waals surface area contributed by atoms with Crippen LogP contribution >= 0.6 is 0 Å². The molecule has 2 atom stereocenters. The van der Waals surface area contributed by atoms with Crippen molar-refractivity contribution in [2.45, 2.75) is 53.0 Å². The quantitative estimate of drug-likeness (QED) is 0.887. The van der Waals surface area contributed by atoms with Crippen LogP contribution < -0.4 is 15.1 Å². The minimum Gasteiger partial charge on any atom is -0.446 e. The third kappa shape index (κ3) is 3.79. The number of rotatable bonds is 3. The van der Waals surface area contributed by atoms with E-state index in [1.807, 2.05) is 11.8 Å². The summed E-state index contributed by atoms with van der Waals surface area (Å²) in [5.74, 6) is -0.182. The third-order valence-corrected chi connectivity index (χ3v) is 3.75. The summed E-state index contributed by atoms with van der Waals surface area (Å²) >= 11 is 0. The minimum atomic E-state index is -0.727. The van der Waals surface area contributed by atoms with Crippen molar-refractivity contribution in [3.63, 3.8) is 0 Å². The van der Waals surface area contributed by atoms with Crippen LogP contribution in [0, 0.1) is 0 Å². The molecule has 7 heteroatoms. The zero-order chi connectivity index (χ0) is 18.0. The van der Waals surface area contributed by atoms with Gasteiger partial charge in [0.2, 0.25) is 5.91 Å². The Labute approximate surface area is 142 Å². The third-order valence-electron chi connectivity index (χ3n) is 3.75. The fourth-order valence-corrected chi connectivity index (χ4v) is 2.94. The number of nitrogens with zero attached hydrogens (tertiary/aromatic N) is 2. The first kappa shape index (κ1) is 18.1. The maximum absolute atomic E-state index is 12.4. The molecular formula is C17H25N3O4. The lowest BCUT2D eigenvalue weighted by Crippen LogP contribution is -2.53. The van der Waals surface area contributed by atoms with Crippen LogP contribution in [0.3, 0.4) is 0 Å². The molecule has 1 unspecified atom stereocenters. The molecule has 0 aromatic heterocycles. The summed E-state index contributed by atoms with van der Waals surface area (Å²) in [6.45, 7) is 9.04. The molecule has 1 aliphatic rings. The summed E-state index contributed by atoms with van der Waals surface area (Å²) in [6.07, 6.45) is -1.37. The molecule has 1 aromatic rings. The highest BCUT2D eigenvalue weighted by Crippen LogP contribution is 2.38. The number of ether oxygens (including phenoxy) is 1. The minimum absolute atomic E-state index is 0.107. The lowest BCUT2D eigenvalue weighted by Gasteiger charge is -2.43. The number of anilines is 3. The van der Waals surface area contributed by atoms with Gasteiger partial charge in [-0.15, -0.1) is 0 Å². The van der Waals surface area contributed by atoms with Crippen LogP contribution in [0.25, 0.3) is 0 Å². The number of hydrogen-bond acceptors (Lipinski definition) is 5. The molecule has 0 spiro atoms. The van der Waals surface area contributed by atoms with Gasteiger partial charge >= 0.3 is 6.09 Å². The zero-order valence-corrected chi connectivity index (χ0v) is 14.7. The number of aliphatic hydroxyl groups is 1. The maximum Gasteiger partial charge on any atom is 0.414 e. The number of hydrogen-bond donors (Lipinski definition) is 2. The lowest BCUT2D eigenvalue weighted by atomic mass is 10.1. The Kier molecular flexibility index (Phi) is 5.33. The van der Waals surface area contributed by atoms with Crippen LogP contribution in [-0.2, 0) is 9.53 Å². The predicted molar refractivity (Wildman–Crippen MR) is 93.3 cm³/mol. The van der Waals surface area contributed by atoms with E-state index in [-0.39, 0.29) is 18.1 Å². The molecule has 1 aromatic carbocycles. The van der Waals surface area contributed by atoms with Gasteiger partial charge in [-0.1, -0.05) is 0 Å². The Morgan fingerprint density at radius 1 is 1.29 bits per heavy atom. The number of benzene rings is 1. The Morgan fingerprint density at radius 3 is 2.50 bits per heavy atom. The van der Waals surface area contributed by atoms with Crippen molar-refractivity contribution in [1.29, 1.82) is 0 Å². The number of carbonyl (C=O) groups is 2. The van der Waals surface area contributed by atoms with Gasteiger partial charge in [0.25, 0.3) is 0 Å². The Balaban J connectivity index is 2.46. The summed E-state index contributed by atoms with van der Waals surface area (Å²) in [5.41, 5.74) is 1.93. The summed E-state index contributed by atoms with van der Waals surface area (Å²) < 4.78 is 5.32. The Hall–Kier alpha value is -2.28. The fraction of sp³-hybridized carbons (Fsp3) is 0.529. The van der Waals surface area contributed by atoms with Gasteiger partial charge in [-0.25, -0.2) is 4.79 Å². The fourth-order valence-electron chi connectivity index (χ4n) is 2.94. The molecular weight excluding hydrogens is 310 g/mol. The molecule has 2 rings (SSSR count). The molecule has 7 nitrogen and oxygen atoms in total. The van der Waals surface area contributed by atoms with Gasteiger partial charge in [0.15, 0.2) is 0 Å². The SMILES string of the molecule is CC(=O)Nc1ccc2c(c1)N(C(C)O)[C@@H](C)CN2C(=O)OC(C)C. The summed E-state index contributed by atoms with van der Waals surface area (Å²) in [5, 5.41) is 12.9. The molecule has 2 N–H and O–H groups in total. The number of fused-ring (bicyclic) bond motifs is 1. The van der Waals surface area contributed by atoms with Crippen molar-refractivity contribution in [1.82, 2.24) is 0 Å². The topological polar surface area (TPSA) is 82.1 Å². The molecule has 1 heterocycles. The second kappa shape index (κ2) is 7.09. The normalized spacial score (nSPS) is 18.2. The first-order chi connectivity index (χ1) is 11.2. The van der Waals surface area contributed by atoms with Crippen molar-refractivity contribution in [2.24, 2.45) is 0 Å². The molecule has 0 saturated heterocycles. The van der Waals surface area contributed by atoms with E-state index in [2.05, 4.69) is 5.32 Å². The van der Waals surface area contributed by atoms with E-state index in [0.717, 1.165) is 0 Å². The highest BCUT2D eigenvalue weighted by Gasteiger charge is 2.34. The van der Waals surface area contributed by atoms with Crippen LogP contribution in [0.5, 0.6) is 0 Å². The Morgan fingerprint density at radius 2 is 1.96 bits per heavy atom. The van der Waals surface area contributed by atoms with E-state index in [4.69, 9.17) is 4.74 Å². The number of nitrogens with one attached hydrogen (secondary N) is 1. The van der Waals surface area contributed by atoms with Crippen LogP contribution in [0.2, 0.25) is 0 Å². The van der Waals surface area contributed by atoms with E-state index in [1.165, 1.54) is 6.92 Å². The molecule has 24 heavy (non-hydrogen) atoms. The van der Waals surface area contributed by atoms with Crippen LogP contribution in [0.1, 0.15) is 34.6 Å². The summed E-state index contributed by atoms with van der Waals surface area (Å²) in [6, 6.07) is 5.13. The van der Waals surface area contributed by atoms with E-state index in [9.17, 15) is 14.7 Å². The van der Waals surface area contributed by atoms with Crippen molar-refractivity contribution >= 4 is 29.1 Å². The summed E-state index contributed by atoms with van der Waals surface area (Å²) in [4.78, 5) is 27.1. The van der Waals surface area contributed by atoms with E-state index < -0.39 is 12.3 Å². The number of aliphatic hydroxyl groups excluding tert-OH is 1. The zero-order valence-electron chi connectivity index (χ0n) is 14.7. The first-order valence-electron chi connectivity index (χ1n) is 8.07. The maximum atomic E-state index is 12.4. The van der Waals surface area contributed by atoms with Gasteiger partial charge < -0.3 is 20.1 Å². The van der Waals surface area contributed by atoms with E-state index >= 15 is 0 Å². The molecule has 0 aliphatic carbocycles. The van der Waals surface area contributed by atoms with Crippen molar-refractivity contribution < 1.29 is 19.4 Å². The molecule has 1 aliphatic heterocycles. The molecule has 0 fully saturated rings. The van der Waals surface area contributed by atoms with Crippen LogP contribution in [-0.4, -0.2) is 42.0 Å². The number of carbonyl (C=O) groups excluding carboxylic acids is 2. The van der Waals surface area contributed by atoms with Crippen LogP contribution in [0.4, 0.5) is 21.9 Å². The second-order valence-corrected chi connectivity index (χ2v) is 6.32. The highest BCUT2D eigenvalue weighted by molar-refractivity contribution is 5.96. The largest absolute Gasteiger partial charge is 0.446 e. The van der Waals surface area contributed by atoms with E-state index in [1.54, 1.807) is 43.9 Å². The van der Waals surface area contributed by atoms with Gasteiger partial charge in [0.05, 0.1) is 17.5 Å². The van der Waals surface area contributed by atoms with Gasteiger partial charge in [0.1, 0.15) is 6.23 Å². The van der Waals surface area contributed by atoms with Gasteiger partial charge in [-0.05, 0) is 45.9 Å². The standard InChI is InChI=1S/C17H25N3O4/c1-10(2)24-17(23)19-9-11(3)20(13(5)22)16-8-14(18-12(4)21)6-7-15(16)19/h6-8,10-11,13,22H,9H2,1-5H3,(H,18,21)/t11-,13?/m0/s1. The van der Waals surface area contributed by atoms with Gasteiger partial charge in [-0.2, -0.15) is 0 Å². The molecule has 132 valence electrons. The van der Waals surface area contributed by atoms with Gasteiger partial charge in [-0.3, -0.25) is 9.69 Å². The second-order valence-electron chi connectivity index (χ2n) is 6.32. The lowest BCUT2D eigenvalue weighted by molar-refractivity contribution is -0.114. The average Bonchev–Trinajstić information content (AvgIpc) is 2.44. The molecule has 2 amide bonds.